The van der Waals surface area contributed by atoms with Gasteiger partial charge < -0.3 is 20.7 Å². The van der Waals surface area contributed by atoms with E-state index in [2.05, 4.69) is 21.2 Å². The Kier molecular flexibility index (Phi) is 3.58. The predicted molar refractivity (Wildman–Crippen MR) is 33.4 cm³/mol. The molecule has 0 unspecified atom stereocenters. The first-order valence-corrected chi connectivity index (χ1v) is 2.23. The first-order valence-electron chi connectivity index (χ1n) is 2.23. The van der Waals surface area contributed by atoms with Crippen LogP contribution in [0.25, 0.3) is 0 Å². The Morgan fingerprint density at radius 3 is 2.80 bits per heavy atom. The molecule has 54 valence electrons. The molecule has 0 spiro atoms. The molecule has 0 aliphatic heterocycles. The van der Waals surface area contributed by atoms with Crippen molar-refractivity contribution in [2.24, 2.45) is 4.99 Å². The molecule has 2 N–H and O–H groups in total. The van der Waals surface area contributed by atoms with E-state index in [0.717, 1.165) is 0 Å². The summed E-state index contributed by atoms with van der Waals surface area (Å²) in [4.78, 5) is 10.4. The second kappa shape index (κ2) is 3.96. The quantitative estimate of drug-likeness (QED) is 0.376. The van der Waals surface area contributed by atoms with Crippen LogP contribution in [0.3, 0.4) is 0 Å². The Bertz CT molecular complexity index is 225. The van der Waals surface area contributed by atoms with Gasteiger partial charge in [0.1, 0.15) is 0 Å². The number of nitrogens with zero attached hydrogens (tertiary/aromatic N) is 3. The monoisotopic (exact) mass is 178 g/mol. The van der Waals surface area contributed by atoms with Crippen molar-refractivity contribution in [2.75, 3.05) is 5.73 Å². The van der Waals surface area contributed by atoms with Crippen molar-refractivity contribution in [3.8, 4) is 0 Å². The van der Waals surface area contributed by atoms with Crippen LogP contribution in [0, 0.1) is 6.20 Å². The zero-order valence-electron chi connectivity index (χ0n) is 4.89. The van der Waals surface area contributed by atoms with Gasteiger partial charge in [-0.25, -0.2) is 0 Å². The predicted octanol–water partition coefficient (Wildman–Crippen LogP) is 0.0656. The van der Waals surface area contributed by atoms with Crippen molar-refractivity contribution in [1.82, 2.24) is 9.97 Å². The van der Waals surface area contributed by atoms with Gasteiger partial charge in [-0.15, -0.1) is 0 Å². The Balaban J connectivity index is 0.000000810. The normalized spacial score (nSPS) is 8.00. The maximum Gasteiger partial charge on any atom is 2.00 e. The minimum atomic E-state index is 0. The van der Waals surface area contributed by atoms with Gasteiger partial charge in [0.05, 0.1) is 0 Å². The van der Waals surface area contributed by atoms with Crippen LogP contribution in [0.5, 0.6) is 0 Å². The van der Waals surface area contributed by atoms with Crippen LogP contribution in [0.2, 0.25) is 0 Å². The molecule has 1 aromatic rings. The van der Waals surface area contributed by atoms with Gasteiger partial charge in [0, 0.05) is 0 Å². The molecule has 5 heteroatoms. The van der Waals surface area contributed by atoms with Crippen LogP contribution < -0.4 is 5.73 Å². The topological polar surface area (TPSA) is 64.2 Å². The Morgan fingerprint density at radius 1 is 1.70 bits per heavy atom. The van der Waals surface area contributed by atoms with E-state index in [0.29, 0.717) is 0 Å². The average Bonchev–Trinajstić information content (AvgIpc) is 1.89. The van der Waals surface area contributed by atoms with Gasteiger partial charge in [0.25, 0.3) is 0 Å². The number of aliphatic imine (C=N–C) groups is 1. The summed E-state index contributed by atoms with van der Waals surface area (Å²) in [5.74, 6) is 0.243. The maximum absolute atomic E-state index is 5.27. The van der Waals surface area contributed by atoms with Crippen LogP contribution in [0.4, 0.5) is 11.5 Å². The molecule has 0 saturated heterocycles. The Labute approximate surface area is 68.5 Å². The Hall–Kier alpha value is -0.956. The van der Waals surface area contributed by atoms with E-state index in [1.807, 2.05) is 0 Å². The van der Waals surface area contributed by atoms with E-state index in [1.165, 1.54) is 6.33 Å². The SMILES string of the molecule is [CH-]=Nc1[c-]ncnc1N.[Ni+2]. The zero-order chi connectivity index (χ0) is 6.69. The second-order valence-electron chi connectivity index (χ2n) is 1.35. The van der Waals surface area contributed by atoms with E-state index in [9.17, 15) is 0 Å². The van der Waals surface area contributed by atoms with Crippen molar-refractivity contribution in [3.05, 3.63) is 12.5 Å². The number of rotatable bonds is 1. The summed E-state index contributed by atoms with van der Waals surface area (Å²) in [7, 11) is 0. The third-order valence-corrected chi connectivity index (χ3v) is 0.797. The second-order valence-corrected chi connectivity index (χ2v) is 1.35. The van der Waals surface area contributed by atoms with Crippen molar-refractivity contribution in [1.29, 1.82) is 0 Å². The molecule has 4 nitrogen and oxygen atoms in total. The summed E-state index contributed by atoms with van der Waals surface area (Å²) >= 11 is 0. The van der Waals surface area contributed by atoms with Crippen LogP contribution >= 0.6 is 0 Å². The van der Waals surface area contributed by atoms with Gasteiger partial charge in [-0.3, -0.25) is 0 Å². The number of anilines is 1. The summed E-state index contributed by atoms with van der Waals surface area (Å²) in [5.41, 5.74) is 5.56. The van der Waals surface area contributed by atoms with Gasteiger partial charge >= 0.3 is 16.5 Å². The summed E-state index contributed by atoms with van der Waals surface area (Å²) in [6, 6.07) is 0. The number of nitrogens with two attached hydrogens (primary N) is 1. The van der Waals surface area contributed by atoms with Crippen LogP contribution in [0.1, 0.15) is 0 Å². The molecule has 0 aliphatic rings. The third kappa shape index (κ3) is 1.77. The van der Waals surface area contributed by atoms with E-state index in [1.54, 1.807) is 0 Å². The number of hydrogen-bond acceptors (Lipinski definition) is 4. The van der Waals surface area contributed by atoms with Gasteiger partial charge in [-0.1, -0.05) is 0 Å². The van der Waals surface area contributed by atoms with E-state index < -0.39 is 0 Å². The fourth-order valence-corrected chi connectivity index (χ4v) is 0.394. The first kappa shape index (κ1) is 9.04. The van der Waals surface area contributed by atoms with Crippen LogP contribution in [0.15, 0.2) is 11.3 Å². The van der Waals surface area contributed by atoms with Gasteiger partial charge in [-0.05, 0) is 12.1 Å². The molecule has 1 rings (SSSR count). The standard InChI is InChI=1S/C5H4N4.Ni/c1-7-4-2-8-3-9-5(4)6;/h1,3H,(H2,6,8,9);/q-2;+2. The molecular weight excluding hydrogens is 175 g/mol. The molecule has 10 heavy (non-hydrogen) atoms. The van der Waals surface area contributed by atoms with Crippen molar-refractivity contribution in [3.63, 3.8) is 0 Å². The van der Waals surface area contributed by atoms with E-state index in [4.69, 9.17) is 12.5 Å². The van der Waals surface area contributed by atoms with E-state index in [-0.39, 0.29) is 28.0 Å². The molecule has 0 aromatic carbocycles. The summed E-state index contributed by atoms with van der Waals surface area (Å²) in [5, 5.41) is 0. The molecule has 0 bridgehead atoms. The minimum Gasteiger partial charge on any atom is -0.480 e. The largest absolute Gasteiger partial charge is 2.00 e. The third-order valence-electron chi connectivity index (χ3n) is 0.797. The molecule has 0 fully saturated rings. The van der Waals surface area contributed by atoms with Crippen LogP contribution in [-0.4, -0.2) is 16.7 Å². The van der Waals surface area contributed by atoms with Gasteiger partial charge in [0.2, 0.25) is 0 Å². The zero-order valence-corrected chi connectivity index (χ0v) is 5.88. The maximum atomic E-state index is 5.27. The van der Waals surface area contributed by atoms with Crippen molar-refractivity contribution >= 4 is 18.2 Å². The molecule has 0 amide bonds. The molecule has 0 saturated carbocycles. The summed E-state index contributed by atoms with van der Waals surface area (Å²) < 4.78 is 0. The molecule has 1 aromatic heterocycles. The Morgan fingerprint density at radius 2 is 2.40 bits per heavy atom. The molecule has 0 radical (unpaired) electrons. The molecule has 1 heterocycles. The van der Waals surface area contributed by atoms with Crippen LogP contribution in [-0.2, 0) is 16.5 Å². The van der Waals surface area contributed by atoms with Gasteiger partial charge in [-0.2, -0.15) is 18.6 Å². The number of nitrogen functional groups attached to an aromatic ring is 1. The first-order chi connectivity index (χ1) is 4.34. The molecule has 0 aliphatic carbocycles. The van der Waals surface area contributed by atoms with E-state index >= 15 is 0 Å². The summed E-state index contributed by atoms with van der Waals surface area (Å²) in [6.45, 7) is 4.88. The number of aromatic nitrogens is 2. The van der Waals surface area contributed by atoms with Crippen molar-refractivity contribution < 1.29 is 16.5 Å². The molecular formula is C5H4N4Ni. The summed E-state index contributed by atoms with van der Waals surface area (Å²) in [6.07, 6.45) is 3.74. The van der Waals surface area contributed by atoms with Crippen molar-refractivity contribution in [2.45, 2.75) is 0 Å². The van der Waals surface area contributed by atoms with Gasteiger partial charge in [0.15, 0.2) is 0 Å². The number of hydrogen-bond donors (Lipinski definition) is 1. The average molecular weight is 179 g/mol. The fourth-order valence-electron chi connectivity index (χ4n) is 0.394. The molecule has 0 atom stereocenters. The minimum absolute atomic E-state index is 0. The fraction of sp³-hybridized carbons (Fsp3) is 0. The smallest absolute Gasteiger partial charge is 0.480 e.